The van der Waals surface area contributed by atoms with Crippen LogP contribution < -0.4 is 15.5 Å². The van der Waals surface area contributed by atoms with E-state index in [1.54, 1.807) is 6.20 Å². The molecule has 6 nitrogen and oxygen atoms in total. The van der Waals surface area contributed by atoms with Crippen molar-refractivity contribution in [3.8, 4) is 0 Å². The molecule has 0 aliphatic carbocycles. The zero-order chi connectivity index (χ0) is 19.7. The van der Waals surface area contributed by atoms with E-state index in [2.05, 4.69) is 38.7 Å². The second-order valence-corrected chi connectivity index (χ2v) is 7.51. The van der Waals surface area contributed by atoms with Crippen molar-refractivity contribution in [3.05, 3.63) is 54.0 Å². The van der Waals surface area contributed by atoms with Gasteiger partial charge in [-0.1, -0.05) is 6.07 Å². The number of aryl methyl sites for hydroxylation is 2. The number of carbonyl (C=O) groups is 1. The van der Waals surface area contributed by atoms with Gasteiger partial charge < -0.3 is 20.1 Å². The lowest BCUT2D eigenvalue weighted by atomic mass is 10.1. The van der Waals surface area contributed by atoms with Crippen LogP contribution in [0.5, 0.6) is 0 Å². The van der Waals surface area contributed by atoms with Gasteiger partial charge in [0.25, 0.3) is 0 Å². The van der Waals surface area contributed by atoms with E-state index in [4.69, 9.17) is 0 Å². The third-order valence-electron chi connectivity index (χ3n) is 5.59. The van der Waals surface area contributed by atoms with E-state index in [1.807, 2.05) is 43.8 Å². The predicted octanol–water partition coefficient (Wildman–Crippen LogP) is 3.26. The predicted molar refractivity (Wildman–Crippen MR) is 114 cm³/mol. The van der Waals surface area contributed by atoms with Crippen molar-refractivity contribution in [1.82, 2.24) is 14.9 Å². The first-order valence-corrected chi connectivity index (χ1v) is 9.83. The molecular formula is C22H27N5O. The Bertz CT molecular complexity index is 1000. The highest BCUT2D eigenvalue weighted by Gasteiger charge is 2.19. The van der Waals surface area contributed by atoms with E-state index in [0.717, 1.165) is 59.6 Å². The lowest BCUT2D eigenvalue weighted by Gasteiger charge is -2.30. The summed E-state index contributed by atoms with van der Waals surface area (Å²) < 4.78 is 2.02. The SMILES string of the molecule is Cc1ccc(N2CCNCC2)cc1NC(=O)C(C)n1cc(C)c2cnccc21. The molecule has 1 unspecified atom stereocenters. The van der Waals surface area contributed by atoms with Gasteiger partial charge >= 0.3 is 0 Å². The maximum Gasteiger partial charge on any atom is 0.247 e. The molecule has 1 aliphatic rings. The molecule has 6 heteroatoms. The number of anilines is 2. The zero-order valence-corrected chi connectivity index (χ0v) is 16.7. The van der Waals surface area contributed by atoms with Crippen molar-refractivity contribution < 1.29 is 4.79 Å². The standard InChI is InChI=1S/C22H27N5O/c1-15-4-5-18(26-10-8-23-9-11-26)12-20(15)25-22(28)17(3)27-14-16(2)19-13-24-7-6-21(19)27/h4-7,12-14,17,23H,8-11H2,1-3H3,(H,25,28). The third-order valence-corrected chi connectivity index (χ3v) is 5.59. The molecule has 1 aliphatic heterocycles. The Hall–Kier alpha value is -2.86. The first-order valence-electron chi connectivity index (χ1n) is 9.83. The highest BCUT2D eigenvalue weighted by atomic mass is 16.2. The van der Waals surface area contributed by atoms with Crippen molar-refractivity contribution >= 4 is 28.2 Å². The van der Waals surface area contributed by atoms with Crippen molar-refractivity contribution in [2.24, 2.45) is 0 Å². The summed E-state index contributed by atoms with van der Waals surface area (Å²) in [6.45, 7) is 9.95. The van der Waals surface area contributed by atoms with Gasteiger partial charge in [-0.2, -0.15) is 0 Å². The molecule has 1 amide bonds. The Balaban J connectivity index is 1.57. The maximum absolute atomic E-state index is 13.0. The van der Waals surface area contributed by atoms with Crippen LogP contribution in [0.15, 0.2) is 42.9 Å². The summed E-state index contributed by atoms with van der Waals surface area (Å²) in [5.41, 5.74) is 5.25. The summed E-state index contributed by atoms with van der Waals surface area (Å²) in [7, 11) is 0. The van der Waals surface area contributed by atoms with Gasteiger partial charge in [0.1, 0.15) is 6.04 Å². The number of pyridine rings is 1. The Kier molecular flexibility index (Phi) is 5.05. The molecule has 1 saturated heterocycles. The van der Waals surface area contributed by atoms with Crippen LogP contribution in [-0.2, 0) is 4.79 Å². The van der Waals surface area contributed by atoms with Gasteiger partial charge in [-0.3, -0.25) is 9.78 Å². The maximum atomic E-state index is 13.0. The number of nitrogens with zero attached hydrogens (tertiary/aromatic N) is 3. The monoisotopic (exact) mass is 377 g/mol. The van der Waals surface area contributed by atoms with Gasteiger partial charge in [0, 0.05) is 61.5 Å². The number of hydrogen-bond donors (Lipinski definition) is 2. The minimum absolute atomic E-state index is 0.0192. The normalized spacial score (nSPS) is 15.6. The number of hydrogen-bond acceptors (Lipinski definition) is 4. The summed E-state index contributed by atoms with van der Waals surface area (Å²) in [5, 5.41) is 7.60. The first-order chi connectivity index (χ1) is 13.5. The van der Waals surface area contributed by atoms with Crippen LogP contribution in [-0.4, -0.2) is 41.6 Å². The fourth-order valence-corrected chi connectivity index (χ4v) is 3.81. The molecular weight excluding hydrogens is 350 g/mol. The van der Waals surface area contributed by atoms with E-state index >= 15 is 0 Å². The van der Waals surface area contributed by atoms with Gasteiger partial charge in [0.2, 0.25) is 5.91 Å². The second-order valence-electron chi connectivity index (χ2n) is 7.51. The van der Waals surface area contributed by atoms with Crippen molar-refractivity contribution in [2.45, 2.75) is 26.8 Å². The second kappa shape index (κ2) is 7.64. The molecule has 0 saturated carbocycles. The Labute approximate surface area is 165 Å². The lowest BCUT2D eigenvalue weighted by Crippen LogP contribution is -2.43. The van der Waals surface area contributed by atoms with Crippen LogP contribution in [0.2, 0.25) is 0 Å². The number of aromatic nitrogens is 2. The number of piperazine rings is 1. The van der Waals surface area contributed by atoms with Gasteiger partial charge in [-0.15, -0.1) is 0 Å². The fourth-order valence-electron chi connectivity index (χ4n) is 3.81. The smallest absolute Gasteiger partial charge is 0.247 e. The van der Waals surface area contributed by atoms with Crippen molar-refractivity contribution in [3.63, 3.8) is 0 Å². The molecule has 1 fully saturated rings. The molecule has 3 aromatic rings. The van der Waals surface area contributed by atoms with Crippen molar-refractivity contribution in [2.75, 3.05) is 36.4 Å². The molecule has 0 bridgehead atoms. The number of fused-ring (bicyclic) bond motifs is 1. The Morgan fingerprint density at radius 3 is 2.75 bits per heavy atom. The minimum atomic E-state index is -0.319. The van der Waals surface area contributed by atoms with E-state index in [-0.39, 0.29) is 11.9 Å². The van der Waals surface area contributed by atoms with Gasteiger partial charge in [0.05, 0.1) is 5.52 Å². The van der Waals surface area contributed by atoms with Crippen LogP contribution in [0.25, 0.3) is 10.9 Å². The average Bonchev–Trinajstić information content (AvgIpc) is 3.06. The Morgan fingerprint density at radius 1 is 1.18 bits per heavy atom. The van der Waals surface area contributed by atoms with Gasteiger partial charge in [-0.05, 0) is 50.1 Å². The first kappa shape index (κ1) is 18.5. The minimum Gasteiger partial charge on any atom is -0.369 e. The highest BCUT2D eigenvalue weighted by Crippen LogP contribution is 2.27. The molecule has 1 atom stereocenters. The molecule has 28 heavy (non-hydrogen) atoms. The van der Waals surface area contributed by atoms with Crippen LogP contribution in [0.3, 0.4) is 0 Å². The quantitative estimate of drug-likeness (QED) is 0.733. The van der Waals surface area contributed by atoms with E-state index in [0.29, 0.717) is 0 Å². The number of nitrogens with one attached hydrogen (secondary N) is 2. The third kappa shape index (κ3) is 3.47. The average molecular weight is 377 g/mol. The van der Waals surface area contributed by atoms with E-state index < -0.39 is 0 Å². The molecule has 0 radical (unpaired) electrons. The molecule has 1 aromatic carbocycles. The van der Waals surface area contributed by atoms with Crippen LogP contribution in [0.4, 0.5) is 11.4 Å². The summed E-state index contributed by atoms with van der Waals surface area (Å²) in [6, 6.07) is 7.95. The summed E-state index contributed by atoms with van der Waals surface area (Å²) in [4.78, 5) is 19.6. The molecule has 0 spiro atoms. The molecule has 2 N–H and O–H groups in total. The summed E-state index contributed by atoms with van der Waals surface area (Å²) >= 11 is 0. The molecule has 146 valence electrons. The fraction of sp³-hybridized carbons (Fsp3) is 0.364. The molecule has 3 heterocycles. The number of carbonyl (C=O) groups excluding carboxylic acids is 1. The Morgan fingerprint density at radius 2 is 1.96 bits per heavy atom. The topological polar surface area (TPSA) is 62.2 Å². The summed E-state index contributed by atoms with van der Waals surface area (Å²) in [6.07, 6.45) is 5.65. The van der Waals surface area contributed by atoms with Crippen LogP contribution in [0, 0.1) is 13.8 Å². The number of benzene rings is 1. The zero-order valence-electron chi connectivity index (χ0n) is 16.7. The van der Waals surface area contributed by atoms with Crippen LogP contribution in [0.1, 0.15) is 24.1 Å². The highest BCUT2D eigenvalue weighted by molar-refractivity contribution is 5.96. The van der Waals surface area contributed by atoms with E-state index in [9.17, 15) is 4.79 Å². The molecule has 4 rings (SSSR count). The van der Waals surface area contributed by atoms with Gasteiger partial charge in [0.15, 0.2) is 0 Å². The number of amides is 1. The largest absolute Gasteiger partial charge is 0.369 e. The lowest BCUT2D eigenvalue weighted by molar-refractivity contribution is -0.118. The molecule has 2 aromatic heterocycles. The van der Waals surface area contributed by atoms with Crippen molar-refractivity contribution in [1.29, 1.82) is 0 Å². The van der Waals surface area contributed by atoms with Crippen LogP contribution >= 0.6 is 0 Å². The summed E-state index contributed by atoms with van der Waals surface area (Å²) in [5.74, 6) is -0.0192. The number of rotatable bonds is 4. The van der Waals surface area contributed by atoms with E-state index in [1.165, 1.54) is 0 Å². The van der Waals surface area contributed by atoms with Gasteiger partial charge in [-0.25, -0.2) is 0 Å².